The van der Waals surface area contributed by atoms with E-state index in [2.05, 4.69) is 15.3 Å². The standard InChI is InChI=1S/C11H9ClF3N3S/c1-6-2-3-19-7(6)5-16-9-4-8(12)17-10(18-9)11(13,14)15/h2-4H,5H2,1H3,(H,16,17,18). The Bertz CT molecular complexity index is 583. The predicted molar refractivity (Wildman–Crippen MR) is 68.4 cm³/mol. The van der Waals surface area contributed by atoms with Crippen molar-refractivity contribution >= 4 is 28.8 Å². The van der Waals surface area contributed by atoms with Gasteiger partial charge in [-0.05, 0) is 23.9 Å². The van der Waals surface area contributed by atoms with Gasteiger partial charge in [-0.25, -0.2) is 9.97 Å². The molecule has 2 heterocycles. The van der Waals surface area contributed by atoms with Crippen molar-refractivity contribution < 1.29 is 13.2 Å². The van der Waals surface area contributed by atoms with E-state index in [9.17, 15) is 13.2 Å². The zero-order chi connectivity index (χ0) is 14.0. The van der Waals surface area contributed by atoms with Gasteiger partial charge in [-0.3, -0.25) is 0 Å². The van der Waals surface area contributed by atoms with Gasteiger partial charge < -0.3 is 5.32 Å². The minimum absolute atomic E-state index is 0.0557. The van der Waals surface area contributed by atoms with Crippen molar-refractivity contribution in [3.05, 3.63) is 38.9 Å². The molecule has 2 aromatic heterocycles. The van der Waals surface area contributed by atoms with Gasteiger partial charge in [0.25, 0.3) is 0 Å². The summed E-state index contributed by atoms with van der Waals surface area (Å²) < 4.78 is 37.5. The second kappa shape index (κ2) is 5.34. The quantitative estimate of drug-likeness (QED) is 0.866. The second-order valence-corrected chi connectivity index (χ2v) is 5.17. The second-order valence-electron chi connectivity index (χ2n) is 3.78. The van der Waals surface area contributed by atoms with Crippen LogP contribution in [0.4, 0.5) is 19.0 Å². The fourth-order valence-corrected chi connectivity index (χ4v) is 2.42. The van der Waals surface area contributed by atoms with Gasteiger partial charge in [0.15, 0.2) is 0 Å². The molecule has 0 fully saturated rings. The molecule has 0 spiro atoms. The highest BCUT2D eigenvalue weighted by Crippen LogP contribution is 2.28. The molecule has 0 aliphatic heterocycles. The largest absolute Gasteiger partial charge is 0.451 e. The van der Waals surface area contributed by atoms with Gasteiger partial charge in [0.05, 0.1) is 6.54 Å². The Hall–Kier alpha value is -1.34. The molecule has 0 saturated carbocycles. The maximum Gasteiger partial charge on any atom is 0.451 e. The summed E-state index contributed by atoms with van der Waals surface area (Å²) in [5.41, 5.74) is 1.08. The average Bonchev–Trinajstić information content (AvgIpc) is 2.70. The number of anilines is 1. The summed E-state index contributed by atoms with van der Waals surface area (Å²) in [6, 6.07) is 3.20. The Kier molecular flexibility index (Phi) is 3.96. The summed E-state index contributed by atoms with van der Waals surface area (Å²) in [6.45, 7) is 2.33. The van der Waals surface area contributed by atoms with E-state index in [0.717, 1.165) is 10.4 Å². The summed E-state index contributed by atoms with van der Waals surface area (Å²) in [5, 5.41) is 4.49. The van der Waals surface area contributed by atoms with Crippen LogP contribution in [-0.2, 0) is 12.7 Å². The summed E-state index contributed by atoms with van der Waals surface area (Å²) in [5.74, 6) is -1.19. The van der Waals surface area contributed by atoms with E-state index >= 15 is 0 Å². The Morgan fingerprint density at radius 2 is 2.11 bits per heavy atom. The first-order valence-corrected chi connectivity index (χ1v) is 6.50. The number of aryl methyl sites for hydroxylation is 1. The molecule has 0 amide bonds. The van der Waals surface area contributed by atoms with E-state index in [1.807, 2.05) is 18.4 Å². The number of thiophene rings is 1. The van der Waals surface area contributed by atoms with Gasteiger partial charge in [-0.2, -0.15) is 13.2 Å². The minimum Gasteiger partial charge on any atom is -0.365 e. The number of aromatic nitrogens is 2. The lowest BCUT2D eigenvalue weighted by Gasteiger charge is -2.09. The number of hydrogen-bond acceptors (Lipinski definition) is 4. The lowest BCUT2D eigenvalue weighted by Crippen LogP contribution is -2.13. The zero-order valence-electron chi connectivity index (χ0n) is 9.75. The summed E-state index contributed by atoms with van der Waals surface area (Å²) >= 11 is 7.08. The van der Waals surface area contributed by atoms with Crippen LogP contribution < -0.4 is 5.32 Å². The first kappa shape index (κ1) is 14.1. The predicted octanol–water partition coefficient (Wildman–Crippen LogP) is 4.13. The molecule has 2 aromatic rings. The number of hydrogen-bond donors (Lipinski definition) is 1. The molecular formula is C11H9ClF3N3S. The van der Waals surface area contributed by atoms with Gasteiger partial charge in [-0.15, -0.1) is 11.3 Å². The van der Waals surface area contributed by atoms with Gasteiger partial charge in [0, 0.05) is 10.9 Å². The van der Waals surface area contributed by atoms with Crippen LogP contribution >= 0.6 is 22.9 Å². The Morgan fingerprint density at radius 3 is 2.68 bits per heavy atom. The van der Waals surface area contributed by atoms with Crippen LogP contribution in [0.2, 0.25) is 5.15 Å². The molecule has 2 rings (SSSR count). The number of rotatable bonds is 3. The molecule has 0 aliphatic rings. The molecule has 0 atom stereocenters. The molecule has 0 radical (unpaired) electrons. The summed E-state index contributed by atoms with van der Waals surface area (Å²) in [4.78, 5) is 7.60. The van der Waals surface area contributed by atoms with Crippen LogP contribution in [0.1, 0.15) is 16.3 Å². The Balaban J connectivity index is 2.17. The van der Waals surface area contributed by atoms with Crippen LogP contribution in [0, 0.1) is 6.92 Å². The molecule has 19 heavy (non-hydrogen) atoms. The summed E-state index contributed by atoms with van der Waals surface area (Å²) in [6.07, 6.45) is -4.61. The molecule has 0 aromatic carbocycles. The monoisotopic (exact) mass is 307 g/mol. The molecule has 0 aliphatic carbocycles. The molecule has 8 heteroatoms. The fourth-order valence-electron chi connectivity index (χ4n) is 1.39. The molecular weight excluding hydrogens is 299 g/mol. The number of alkyl halides is 3. The van der Waals surface area contributed by atoms with Crippen molar-refractivity contribution in [1.82, 2.24) is 9.97 Å². The molecule has 1 N–H and O–H groups in total. The normalized spacial score (nSPS) is 11.6. The number of nitrogens with one attached hydrogen (secondary N) is 1. The van der Waals surface area contributed by atoms with E-state index in [4.69, 9.17) is 11.6 Å². The van der Waals surface area contributed by atoms with E-state index in [-0.39, 0.29) is 11.0 Å². The zero-order valence-corrected chi connectivity index (χ0v) is 11.3. The van der Waals surface area contributed by atoms with Crippen molar-refractivity contribution in [2.45, 2.75) is 19.6 Å². The fraction of sp³-hybridized carbons (Fsp3) is 0.273. The highest BCUT2D eigenvalue weighted by atomic mass is 35.5. The smallest absolute Gasteiger partial charge is 0.365 e. The van der Waals surface area contributed by atoms with Gasteiger partial charge in [-0.1, -0.05) is 11.6 Å². The van der Waals surface area contributed by atoms with Crippen LogP contribution in [-0.4, -0.2) is 9.97 Å². The van der Waals surface area contributed by atoms with Crippen LogP contribution in [0.5, 0.6) is 0 Å². The van der Waals surface area contributed by atoms with Crippen molar-refractivity contribution in [1.29, 1.82) is 0 Å². The van der Waals surface area contributed by atoms with E-state index < -0.39 is 12.0 Å². The molecule has 0 bridgehead atoms. The maximum absolute atomic E-state index is 12.5. The van der Waals surface area contributed by atoms with E-state index in [0.29, 0.717) is 6.54 Å². The van der Waals surface area contributed by atoms with E-state index in [1.165, 1.54) is 17.4 Å². The highest BCUT2D eigenvalue weighted by molar-refractivity contribution is 7.10. The molecule has 0 unspecified atom stereocenters. The van der Waals surface area contributed by atoms with E-state index in [1.54, 1.807) is 0 Å². The molecule has 3 nitrogen and oxygen atoms in total. The van der Waals surface area contributed by atoms with Gasteiger partial charge in [0.1, 0.15) is 11.0 Å². The SMILES string of the molecule is Cc1ccsc1CNc1cc(Cl)nc(C(F)(F)F)n1. The average molecular weight is 308 g/mol. The first-order valence-electron chi connectivity index (χ1n) is 5.25. The van der Waals surface area contributed by atoms with Crippen LogP contribution in [0.25, 0.3) is 0 Å². The number of halogens is 4. The van der Waals surface area contributed by atoms with Crippen LogP contribution in [0.15, 0.2) is 17.5 Å². The lowest BCUT2D eigenvalue weighted by molar-refractivity contribution is -0.144. The van der Waals surface area contributed by atoms with Crippen molar-refractivity contribution in [3.63, 3.8) is 0 Å². The topological polar surface area (TPSA) is 37.8 Å². The third-order valence-corrected chi connectivity index (χ3v) is 3.56. The maximum atomic E-state index is 12.5. The van der Waals surface area contributed by atoms with Crippen LogP contribution in [0.3, 0.4) is 0 Å². The van der Waals surface area contributed by atoms with Crippen molar-refractivity contribution in [3.8, 4) is 0 Å². The van der Waals surface area contributed by atoms with Gasteiger partial charge in [0.2, 0.25) is 5.82 Å². The molecule has 102 valence electrons. The van der Waals surface area contributed by atoms with Gasteiger partial charge >= 0.3 is 6.18 Å². The Labute approximate surface area is 116 Å². The lowest BCUT2D eigenvalue weighted by atomic mass is 10.3. The first-order chi connectivity index (χ1) is 8.86. The van der Waals surface area contributed by atoms with Crippen molar-refractivity contribution in [2.75, 3.05) is 5.32 Å². The van der Waals surface area contributed by atoms with Crippen molar-refractivity contribution in [2.24, 2.45) is 0 Å². The molecule has 0 saturated heterocycles. The third-order valence-electron chi connectivity index (χ3n) is 2.35. The summed E-state index contributed by atoms with van der Waals surface area (Å²) in [7, 11) is 0. The Morgan fingerprint density at radius 1 is 1.37 bits per heavy atom. The minimum atomic E-state index is -4.61. The highest BCUT2D eigenvalue weighted by Gasteiger charge is 2.35. The number of nitrogens with zero attached hydrogens (tertiary/aromatic N) is 2. The third kappa shape index (κ3) is 3.57.